The summed E-state index contributed by atoms with van der Waals surface area (Å²) in [6, 6.07) is 0.387. The van der Waals surface area contributed by atoms with Crippen molar-refractivity contribution in [3.05, 3.63) is 13.8 Å². The molecule has 0 heterocycles. The van der Waals surface area contributed by atoms with Crippen LogP contribution >= 0.6 is 0 Å². The molecule has 0 bridgehead atoms. The quantitative estimate of drug-likeness (QED) is 0.557. The van der Waals surface area contributed by atoms with Gasteiger partial charge < -0.3 is 5.32 Å². The molecule has 1 heteroatoms. The lowest BCUT2D eigenvalue weighted by molar-refractivity contribution is 0.617. The molecule has 0 saturated heterocycles. The Hall–Kier alpha value is -0.0400. The van der Waals surface area contributed by atoms with E-state index in [9.17, 15) is 0 Å². The Labute approximate surface area is 46.1 Å². The van der Waals surface area contributed by atoms with Gasteiger partial charge in [-0.05, 0) is 20.4 Å². The van der Waals surface area contributed by atoms with Gasteiger partial charge >= 0.3 is 0 Å². The average molecular weight is 99.2 g/mol. The van der Waals surface area contributed by atoms with Gasteiger partial charge in [-0.25, -0.2) is 0 Å². The molecule has 0 amide bonds. The maximum Gasteiger partial charge on any atom is 0.00646 e. The SMILES string of the molecule is [CH2]CC[C@@H]([CH2])NC. The van der Waals surface area contributed by atoms with E-state index in [0.717, 1.165) is 12.8 Å². The molecule has 42 valence electrons. The molecule has 1 nitrogen and oxygen atoms in total. The normalized spacial score (nSPS) is 14.1. The summed E-state index contributed by atoms with van der Waals surface area (Å²) in [4.78, 5) is 0. The zero-order valence-corrected chi connectivity index (χ0v) is 4.91. The van der Waals surface area contributed by atoms with Gasteiger partial charge in [0.15, 0.2) is 0 Å². The molecule has 0 spiro atoms. The third-order valence-electron chi connectivity index (χ3n) is 0.961. The molecule has 0 aromatic carbocycles. The van der Waals surface area contributed by atoms with E-state index >= 15 is 0 Å². The minimum atomic E-state index is 0.387. The van der Waals surface area contributed by atoms with Gasteiger partial charge in [0.05, 0.1) is 0 Å². The van der Waals surface area contributed by atoms with Crippen LogP contribution in [0.2, 0.25) is 0 Å². The molecule has 7 heavy (non-hydrogen) atoms. The van der Waals surface area contributed by atoms with E-state index in [-0.39, 0.29) is 0 Å². The van der Waals surface area contributed by atoms with Crippen molar-refractivity contribution >= 4 is 0 Å². The van der Waals surface area contributed by atoms with Gasteiger partial charge in [0.25, 0.3) is 0 Å². The van der Waals surface area contributed by atoms with Crippen LogP contribution in [0.4, 0.5) is 0 Å². The molecular formula is C6H13N. The number of hydrogen-bond donors (Lipinski definition) is 1. The highest BCUT2D eigenvalue weighted by Gasteiger charge is 1.91. The Morgan fingerprint density at radius 2 is 2.29 bits per heavy atom. The summed E-state index contributed by atoms with van der Waals surface area (Å²) in [5.74, 6) is 0. The zero-order chi connectivity index (χ0) is 5.70. The van der Waals surface area contributed by atoms with Gasteiger partial charge in [0, 0.05) is 6.04 Å². The first-order chi connectivity index (χ1) is 3.31. The molecule has 0 aliphatic carbocycles. The van der Waals surface area contributed by atoms with Crippen molar-refractivity contribution in [2.45, 2.75) is 18.9 Å². The molecule has 0 aromatic heterocycles. The van der Waals surface area contributed by atoms with Crippen LogP contribution in [-0.4, -0.2) is 13.1 Å². The average Bonchev–Trinajstić information content (AvgIpc) is 1.68. The maximum absolute atomic E-state index is 3.80. The first-order valence-corrected chi connectivity index (χ1v) is 2.61. The molecular weight excluding hydrogens is 86.1 g/mol. The van der Waals surface area contributed by atoms with E-state index in [2.05, 4.69) is 19.2 Å². The van der Waals surface area contributed by atoms with Crippen LogP contribution in [0, 0.1) is 13.8 Å². The summed E-state index contributed by atoms with van der Waals surface area (Å²) in [6.45, 7) is 7.49. The third kappa shape index (κ3) is 3.80. The van der Waals surface area contributed by atoms with Gasteiger partial charge in [-0.2, -0.15) is 0 Å². The van der Waals surface area contributed by atoms with Gasteiger partial charge in [-0.3, -0.25) is 0 Å². The second-order valence-corrected chi connectivity index (χ2v) is 1.63. The Bertz CT molecular complexity index is 35.2. The molecule has 0 aromatic rings. The molecule has 0 saturated carbocycles. The first-order valence-electron chi connectivity index (χ1n) is 2.61. The highest BCUT2D eigenvalue weighted by Crippen LogP contribution is 1.90. The molecule has 2 radical (unpaired) electrons. The van der Waals surface area contributed by atoms with Crippen molar-refractivity contribution < 1.29 is 0 Å². The van der Waals surface area contributed by atoms with E-state index in [1.165, 1.54) is 0 Å². The Morgan fingerprint density at radius 3 is 2.43 bits per heavy atom. The number of hydrogen-bond acceptors (Lipinski definition) is 1. The van der Waals surface area contributed by atoms with Crippen molar-refractivity contribution in [2.24, 2.45) is 0 Å². The highest BCUT2D eigenvalue weighted by atomic mass is 14.8. The third-order valence-corrected chi connectivity index (χ3v) is 0.961. The van der Waals surface area contributed by atoms with Gasteiger partial charge in [-0.1, -0.05) is 13.3 Å². The van der Waals surface area contributed by atoms with Crippen molar-refractivity contribution in [3.63, 3.8) is 0 Å². The standard InChI is InChI=1S/C6H13N/c1-4-5-6(2)7-3/h6-7H,1-2,4-5H2,3H3/t6-/m1/s1. The van der Waals surface area contributed by atoms with Gasteiger partial charge in [0.1, 0.15) is 0 Å². The molecule has 0 aliphatic heterocycles. The summed E-state index contributed by atoms with van der Waals surface area (Å²) >= 11 is 0. The molecule has 1 N–H and O–H groups in total. The van der Waals surface area contributed by atoms with E-state index in [4.69, 9.17) is 0 Å². The van der Waals surface area contributed by atoms with E-state index in [1.807, 2.05) is 7.05 Å². The van der Waals surface area contributed by atoms with Crippen LogP contribution in [0.3, 0.4) is 0 Å². The predicted molar refractivity (Wildman–Crippen MR) is 32.8 cm³/mol. The fraction of sp³-hybridized carbons (Fsp3) is 0.667. The molecule has 1 atom stereocenters. The summed E-state index contributed by atoms with van der Waals surface area (Å²) in [7, 11) is 1.91. The van der Waals surface area contributed by atoms with Crippen molar-refractivity contribution in [2.75, 3.05) is 7.05 Å². The Morgan fingerprint density at radius 1 is 1.71 bits per heavy atom. The van der Waals surface area contributed by atoms with Crippen LogP contribution in [-0.2, 0) is 0 Å². The van der Waals surface area contributed by atoms with E-state index in [1.54, 1.807) is 0 Å². The lowest BCUT2D eigenvalue weighted by atomic mass is 10.2. The van der Waals surface area contributed by atoms with Gasteiger partial charge in [0.2, 0.25) is 0 Å². The van der Waals surface area contributed by atoms with Gasteiger partial charge in [-0.15, -0.1) is 0 Å². The highest BCUT2D eigenvalue weighted by molar-refractivity contribution is 4.65. The topological polar surface area (TPSA) is 12.0 Å². The lowest BCUT2D eigenvalue weighted by Crippen LogP contribution is -2.20. The minimum Gasteiger partial charge on any atom is -0.317 e. The van der Waals surface area contributed by atoms with Crippen LogP contribution in [0.1, 0.15) is 12.8 Å². The van der Waals surface area contributed by atoms with Crippen LogP contribution in [0.15, 0.2) is 0 Å². The summed E-state index contributed by atoms with van der Waals surface area (Å²) in [5, 5.41) is 3.01. The fourth-order valence-corrected chi connectivity index (χ4v) is 0.391. The minimum absolute atomic E-state index is 0.387. The van der Waals surface area contributed by atoms with Crippen LogP contribution in [0.5, 0.6) is 0 Å². The first kappa shape index (κ1) is 6.96. The van der Waals surface area contributed by atoms with Crippen molar-refractivity contribution in [3.8, 4) is 0 Å². The Balaban J connectivity index is 2.83. The van der Waals surface area contributed by atoms with E-state index < -0.39 is 0 Å². The summed E-state index contributed by atoms with van der Waals surface area (Å²) in [6.07, 6.45) is 2.03. The second kappa shape index (κ2) is 4.13. The number of nitrogens with one attached hydrogen (secondary N) is 1. The summed E-state index contributed by atoms with van der Waals surface area (Å²) in [5.41, 5.74) is 0. The Kier molecular flexibility index (Phi) is 4.10. The zero-order valence-electron chi connectivity index (χ0n) is 4.91. The van der Waals surface area contributed by atoms with Crippen LogP contribution in [0.25, 0.3) is 0 Å². The smallest absolute Gasteiger partial charge is 0.00646 e. The molecule has 0 unspecified atom stereocenters. The summed E-state index contributed by atoms with van der Waals surface area (Å²) < 4.78 is 0. The fourth-order valence-electron chi connectivity index (χ4n) is 0.391. The van der Waals surface area contributed by atoms with E-state index in [0.29, 0.717) is 6.04 Å². The number of rotatable bonds is 3. The van der Waals surface area contributed by atoms with Crippen molar-refractivity contribution in [1.29, 1.82) is 0 Å². The monoisotopic (exact) mass is 99.1 g/mol. The molecule has 0 aliphatic rings. The van der Waals surface area contributed by atoms with Crippen LogP contribution < -0.4 is 5.32 Å². The molecule has 0 rings (SSSR count). The van der Waals surface area contributed by atoms with Crippen molar-refractivity contribution in [1.82, 2.24) is 5.32 Å². The molecule has 0 fully saturated rings. The largest absolute Gasteiger partial charge is 0.317 e. The maximum atomic E-state index is 3.80. The lowest BCUT2D eigenvalue weighted by Gasteiger charge is -2.05. The second-order valence-electron chi connectivity index (χ2n) is 1.63. The predicted octanol–water partition coefficient (Wildman–Crippen LogP) is 1.02.